The van der Waals surface area contributed by atoms with Crippen LogP contribution < -0.4 is 10.9 Å². The highest BCUT2D eigenvalue weighted by Gasteiger charge is 2.12. The van der Waals surface area contributed by atoms with Crippen LogP contribution in [0.5, 0.6) is 0 Å². The first kappa shape index (κ1) is 19.7. The average Bonchev–Trinajstić information content (AvgIpc) is 2.84. The molecule has 1 heterocycles. The summed E-state index contributed by atoms with van der Waals surface area (Å²) in [6, 6.07) is 4.96. The highest BCUT2D eigenvalue weighted by Crippen LogP contribution is 2.22. The Bertz CT molecular complexity index is 828. The van der Waals surface area contributed by atoms with E-state index in [0.717, 1.165) is 12.1 Å². The molecule has 0 spiro atoms. The van der Waals surface area contributed by atoms with Gasteiger partial charge in [0.15, 0.2) is 0 Å². The number of hydrogen-bond acceptors (Lipinski definition) is 3. The van der Waals surface area contributed by atoms with Crippen LogP contribution in [0.2, 0.25) is 5.15 Å². The maximum absolute atomic E-state index is 12.8. The number of carbonyl (C=O) groups excluding carboxylic acids is 2. The molecule has 0 aliphatic heterocycles. The SMILES string of the molecule is Cc1nn(CC(C)C)c(Cl)c1/C=C/C(=O)NNC(=O)c1ccc(F)cc1. The monoisotopic (exact) mass is 378 g/mol. The number of benzene rings is 1. The normalized spacial score (nSPS) is 11.2. The summed E-state index contributed by atoms with van der Waals surface area (Å²) in [6.45, 7) is 6.59. The van der Waals surface area contributed by atoms with E-state index in [0.29, 0.717) is 28.9 Å². The number of hydrazine groups is 1. The smallest absolute Gasteiger partial charge is 0.268 e. The molecule has 2 amide bonds. The van der Waals surface area contributed by atoms with Crippen molar-refractivity contribution in [1.29, 1.82) is 0 Å². The largest absolute Gasteiger partial charge is 0.269 e. The van der Waals surface area contributed by atoms with Gasteiger partial charge in [-0.1, -0.05) is 25.4 Å². The fourth-order valence-electron chi connectivity index (χ4n) is 2.22. The van der Waals surface area contributed by atoms with E-state index < -0.39 is 17.6 Å². The first-order valence-corrected chi connectivity index (χ1v) is 8.42. The van der Waals surface area contributed by atoms with Crippen LogP contribution in [0.25, 0.3) is 6.08 Å². The zero-order valence-corrected chi connectivity index (χ0v) is 15.5. The van der Waals surface area contributed by atoms with Crippen LogP contribution in [0, 0.1) is 18.7 Å². The fourth-order valence-corrected chi connectivity index (χ4v) is 2.52. The van der Waals surface area contributed by atoms with Crippen molar-refractivity contribution in [3.63, 3.8) is 0 Å². The molecule has 138 valence electrons. The number of amides is 2. The van der Waals surface area contributed by atoms with E-state index in [4.69, 9.17) is 11.6 Å². The number of nitrogens with zero attached hydrogens (tertiary/aromatic N) is 2. The summed E-state index contributed by atoms with van der Waals surface area (Å²) >= 11 is 6.29. The fraction of sp³-hybridized carbons (Fsp3) is 0.278. The first-order chi connectivity index (χ1) is 12.3. The highest BCUT2D eigenvalue weighted by atomic mass is 35.5. The second-order valence-corrected chi connectivity index (χ2v) is 6.51. The summed E-state index contributed by atoms with van der Waals surface area (Å²) in [7, 11) is 0. The molecule has 0 bridgehead atoms. The molecule has 0 unspecified atom stereocenters. The Balaban J connectivity index is 1.96. The maximum Gasteiger partial charge on any atom is 0.269 e. The highest BCUT2D eigenvalue weighted by molar-refractivity contribution is 6.31. The lowest BCUT2D eigenvalue weighted by Gasteiger charge is -2.06. The topological polar surface area (TPSA) is 76.0 Å². The lowest BCUT2D eigenvalue weighted by Crippen LogP contribution is -2.40. The quantitative estimate of drug-likeness (QED) is 0.620. The molecule has 26 heavy (non-hydrogen) atoms. The summed E-state index contributed by atoms with van der Waals surface area (Å²) in [5.74, 6) is -1.15. The number of aromatic nitrogens is 2. The molecular formula is C18H20ClFN4O2. The van der Waals surface area contributed by atoms with E-state index >= 15 is 0 Å². The summed E-state index contributed by atoms with van der Waals surface area (Å²) in [5, 5.41) is 4.80. The van der Waals surface area contributed by atoms with Gasteiger partial charge in [-0.3, -0.25) is 25.1 Å². The Hall–Kier alpha value is -2.67. The molecule has 1 aromatic heterocycles. The summed E-state index contributed by atoms with van der Waals surface area (Å²) in [6.07, 6.45) is 2.79. The number of aryl methyl sites for hydroxylation is 1. The Morgan fingerprint density at radius 1 is 1.27 bits per heavy atom. The molecule has 6 nitrogen and oxygen atoms in total. The van der Waals surface area contributed by atoms with Gasteiger partial charge in [-0.2, -0.15) is 5.10 Å². The van der Waals surface area contributed by atoms with Crippen molar-refractivity contribution in [2.24, 2.45) is 5.92 Å². The Morgan fingerprint density at radius 3 is 2.54 bits per heavy atom. The van der Waals surface area contributed by atoms with Crippen molar-refractivity contribution >= 4 is 29.5 Å². The van der Waals surface area contributed by atoms with E-state index in [1.54, 1.807) is 17.7 Å². The number of rotatable bonds is 5. The van der Waals surface area contributed by atoms with Gasteiger partial charge in [-0.25, -0.2) is 4.39 Å². The van der Waals surface area contributed by atoms with Crippen LogP contribution >= 0.6 is 11.6 Å². The third-order valence-electron chi connectivity index (χ3n) is 3.45. The van der Waals surface area contributed by atoms with Gasteiger partial charge in [-0.15, -0.1) is 0 Å². The van der Waals surface area contributed by atoms with Crippen LogP contribution in [-0.4, -0.2) is 21.6 Å². The van der Waals surface area contributed by atoms with Gasteiger partial charge in [0.2, 0.25) is 0 Å². The molecule has 1 aromatic carbocycles. The molecule has 8 heteroatoms. The number of carbonyl (C=O) groups is 2. The van der Waals surface area contributed by atoms with Gasteiger partial charge in [0.05, 0.1) is 5.69 Å². The van der Waals surface area contributed by atoms with E-state index in [1.165, 1.54) is 18.2 Å². The van der Waals surface area contributed by atoms with Crippen molar-refractivity contribution in [3.8, 4) is 0 Å². The van der Waals surface area contributed by atoms with Crippen LogP contribution in [0.3, 0.4) is 0 Å². The Morgan fingerprint density at radius 2 is 1.92 bits per heavy atom. The Labute approximate surface area is 156 Å². The molecule has 0 aliphatic carbocycles. The van der Waals surface area contributed by atoms with Crippen LogP contribution in [-0.2, 0) is 11.3 Å². The van der Waals surface area contributed by atoms with Gasteiger partial charge in [-0.05, 0) is 43.2 Å². The minimum Gasteiger partial charge on any atom is -0.268 e. The van der Waals surface area contributed by atoms with Crippen molar-refractivity contribution in [2.75, 3.05) is 0 Å². The standard InChI is InChI=1S/C18H20ClFN4O2/c1-11(2)10-24-17(19)15(12(3)23-24)8-9-16(25)21-22-18(26)13-4-6-14(20)7-5-13/h4-9,11H,10H2,1-3H3,(H,21,25)(H,22,26)/b9-8+. The molecule has 0 atom stereocenters. The lowest BCUT2D eigenvalue weighted by molar-refractivity contribution is -0.117. The van der Waals surface area contributed by atoms with Crippen LogP contribution in [0.1, 0.15) is 35.5 Å². The zero-order valence-electron chi connectivity index (χ0n) is 14.7. The maximum atomic E-state index is 12.8. The van der Waals surface area contributed by atoms with E-state index in [-0.39, 0.29) is 5.56 Å². The average molecular weight is 379 g/mol. The first-order valence-electron chi connectivity index (χ1n) is 8.04. The van der Waals surface area contributed by atoms with E-state index in [1.807, 2.05) is 0 Å². The van der Waals surface area contributed by atoms with E-state index in [9.17, 15) is 14.0 Å². The number of halogens is 2. The van der Waals surface area contributed by atoms with Gasteiger partial charge < -0.3 is 0 Å². The van der Waals surface area contributed by atoms with Gasteiger partial charge >= 0.3 is 0 Å². The number of nitrogens with one attached hydrogen (secondary N) is 2. The van der Waals surface area contributed by atoms with Gasteiger partial charge in [0.1, 0.15) is 11.0 Å². The van der Waals surface area contributed by atoms with Crippen molar-refractivity contribution in [2.45, 2.75) is 27.3 Å². The van der Waals surface area contributed by atoms with Crippen molar-refractivity contribution in [1.82, 2.24) is 20.6 Å². The molecular weight excluding hydrogens is 359 g/mol. The van der Waals surface area contributed by atoms with Crippen molar-refractivity contribution < 1.29 is 14.0 Å². The Kier molecular flexibility index (Phi) is 6.52. The molecule has 0 radical (unpaired) electrons. The van der Waals surface area contributed by atoms with Crippen LogP contribution in [0.15, 0.2) is 30.3 Å². The summed E-state index contributed by atoms with van der Waals surface area (Å²) < 4.78 is 14.5. The van der Waals surface area contributed by atoms with Crippen molar-refractivity contribution in [3.05, 3.63) is 58.1 Å². The van der Waals surface area contributed by atoms with Gasteiger partial charge in [0, 0.05) is 23.7 Å². The molecule has 2 N–H and O–H groups in total. The predicted molar refractivity (Wildman–Crippen MR) is 97.9 cm³/mol. The third-order valence-corrected chi connectivity index (χ3v) is 3.85. The number of hydrogen-bond donors (Lipinski definition) is 2. The molecule has 2 rings (SSSR count). The third kappa shape index (κ3) is 5.16. The molecule has 0 saturated carbocycles. The minimum absolute atomic E-state index is 0.226. The zero-order chi connectivity index (χ0) is 19.3. The predicted octanol–water partition coefficient (Wildman–Crippen LogP) is 3.11. The second-order valence-electron chi connectivity index (χ2n) is 6.15. The molecule has 2 aromatic rings. The lowest BCUT2D eigenvalue weighted by atomic mass is 10.2. The molecule has 0 saturated heterocycles. The summed E-state index contributed by atoms with van der Waals surface area (Å²) in [4.78, 5) is 23.7. The summed E-state index contributed by atoms with van der Waals surface area (Å²) in [5.41, 5.74) is 6.08. The molecule has 0 aliphatic rings. The second kappa shape index (κ2) is 8.62. The van der Waals surface area contributed by atoms with Crippen LogP contribution in [0.4, 0.5) is 4.39 Å². The molecule has 0 fully saturated rings. The van der Waals surface area contributed by atoms with E-state index in [2.05, 4.69) is 29.8 Å². The van der Waals surface area contributed by atoms with Gasteiger partial charge in [0.25, 0.3) is 11.8 Å². The minimum atomic E-state index is -0.550.